The van der Waals surface area contributed by atoms with E-state index < -0.39 is 5.97 Å². The smallest absolute Gasteiger partial charge is 0.337 e. The number of rotatable bonds is 5. The summed E-state index contributed by atoms with van der Waals surface area (Å²) in [5.41, 5.74) is 4.55. The third-order valence-corrected chi connectivity index (χ3v) is 5.71. The second-order valence-corrected chi connectivity index (χ2v) is 8.16. The molecule has 0 bridgehead atoms. The van der Waals surface area contributed by atoms with Gasteiger partial charge >= 0.3 is 5.97 Å². The van der Waals surface area contributed by atoms with Gasteiger partial charge in [-0.15, -0.1) is 0 Å². The molecule has 3 heterocycles. The average Bonchev–Trinajstić information content (AvgIpc) is 2.83. The molecule has 0 amide bonds. The van der Waals surface area contributed by atoms with Crippen LogP contribution in [0.2, 0.25) is 0 Å². The molecule has 0 fully saturated rings. The maximum Gasteiger partial charge on any atom is 0.337 e. The first-order valence-electron chi connectivity index (χ1n) is 10.8. The number of hydrogen-bond donors (Lipinski definition) is 2. The van der Waals surface area contributed by atoms with Gasteiger partial charge in [0.15, 0.2) is 11.2 Å². The Labute approximate surface area is 194 Å². The molecule has 0 saturated carbocycles. The van der Waals surface area contributed by atoms with E-state index in [1.165, 1.54) is 6.07 Å². The van der Waals surface area contributed by atoms with Gasteiger partial charge in [-0.1, -0.05) is 18.2 Å². The summed E-state index contributed by atoms with van der Waals surface area (Å²) in [5, 5.41) is 13.3. The number of carboxylic acid groups (broad SMARTS) is 1. The van der Waals surface area contributed by atoms with Crippen LogP contribution in [-0.2, 0) is 0 Å². The Kier molecular flexibility index (Phi) is 5.30. The standard InChI is InChI=1S/C27H21N3O4/c1-15-12-18(16(2)29-20-7-4-3-6-17(20)27(32)33)26-19(13-15)24(31)14-25(34-26)23-10-9-21-22(30-23)8-5-11-28-21/h3-14,16,29H,1-2H3,(H,32,33). The minimum atomic E-state index is -1.02. The number of nitrogens with one attached hydrogen (secondary N) is 1. The number of anilines is 1. The zero-order valence-corrected chi connectivity index (χ0v) is 18.6. The van der Waals surface area contributed by atoms with Crippen LogP contribution in [0.15, 0.2) is 82.1 Å². The van der Waals surface area contributed by atoms with Crippen LogP contribution in [-0.4, -0.2) is 21.0 Å². The highest BCUT2D eigenvalue weighted by Crippen LogP contribution is 2.31. The number of aromatic nitrogens is 2. The van der Waals surface area contributed by atoms with Gasteiger partial charge in [0.1, 0.15) is 11.3 Å². The maximum atomic E-state index is 13.1. The Morgan fingerprint density at radius 3 is 2.68 bits per heavy atom. The topological polar surface area (TPSA) is 105 Å². The highest BCUT2D eigenvalue weighted by molar-refractivity contribution is 5.94. The molecule has 1 atom stereocenters. The fourth-order valence-corrected chi connectivity index (χ4v) is 4.08. The second kappa shape index (κ2) is 8.44. The number of benzene rings is 2. The highest BCUT2D eigenvalue weighted by atomic mass is 16.4. The van der Waals surface area contributed by atoms with Gasteiger partial charge < -0.3 is 14.8 Å². The molecular formula is C27H21N3O4. The van der Waals surface area contributed by atoms with Gasteiger partial charge in [-0.2, -0.15) is 0 Å². The summed E-state index contributed by atoms with van der Waals surface area (Å²) >= 11 is 0. The number of carbonyl (C=O) groups is 1. The summed E-state index contributed by atoms with van der Waals surface area (Å²) in [7, 11) is 0. The van der Waals surface area contributed by atoms with E-state index in [1.54, 1.807) is 48.7 Å². The largest absolute Gasteiger partial charge is 0.478 e. The number of fused-ring (bicyclic) bond motifs is 2. The number of carboxylic acids is 1. The molecule has 5 aromatic rings. The van der Waals surface area contributed by atoms with Gasteiger partial charge in [-0.05, 0) is 61.9 Å². The molecular weight excluding hydrogens is 430 g/mol. The Balaban J connectivity index is 1.64. The summed E-state index contributed by atoms with van der Waals surface area (Å²) in [6, 6.07) is 18.8. The molecule has 0 aliphatic carbocycles. The summed E-state index contributed by atoms with van der Waals surface area (Å²) in [5.74, 6) is -0.665. The van der Waals surface area contributed by atoms with Crippen molar-refractivity contribution in [3.05, 3.63) is 99.8 Å². The Morgan fingerprint density at radius 1 is 1.03 bits per heavy atom. The molecule has 5 rings (SSSR count). The first-order chi connectivity index (χ1) is 16.4. The van der Waals surface area contributed by atoms with Crippen LogP contribution in [0.1, 0.15) is 34.5 Å². The number of hydrogen-bond acceptors (Lipinski definition) is 6. The third-order valence-electron chi connectivity index (χ3n) is 5.71. The molecule has 2 N–H and O–H groups in total. The van der Waals surface area contributed by atoms with E-state index in [0.29, 0.717) is 33.6 Å². The van der Waals surface area contributed by atoms with Crippen LogP contribution in [0, 0.1) is 6.92 Å². The van der Waals surface area contributed by atoms with E-state index in [1.807, 2.05) is 32.0 Å². The fourth-order valence-electron chi connectivity index (χ4n) is 4.08. The summed E-state index contributed by atoms with van der Waals surface area (Å²) in [4.78, 5) is 33.6. The van der Waals surface area contributed by atoms with Crippen LogP contribution in [0.5, 0.6) is 0 Å². The molecule has 0 saturated heterocycles. The van der Waals surface area contributed by atoms with E-state index in [4.69, 9.17) is 4.42 Å². The predicted molar refractivity (Wildman–Crippen MR) is 131 cm³/mol. The number of nitrogens with zero attached hydrogens (tertiary/aromatic N) is 2. The molecule has 0 radical (unpaired) electrons. The molecule has 7 heteroatoms. The van der Waals surface area contributed by atoms with Gasteiger partial charge in [0.05, 0.1) is 28.0 Å². The second-order valence-electron chi connectivity index (χ2n) is 8.16. The van der Waals surface area contributed by atoms with Gasteiger partial charge in [0.25, 0.3) is 0 Å². The van der Waals surface area contributed by atoms with Crippen molar-refractivity contribution in [3.8, 4) is 11.5 Å². The monoisotopic (exact) mass is 451 g/mol. The average molecular weight is 451 g/mol. The van der Waals surface area contributed by atoms with Crippen molar-refractivity contribution >= 4 is 33.7 Å². The Morgan fingerprint density at radius 2 is 1.85 bits per heavy atom. The molecule has 7 nitrogen and oxygen atoms in total. The van der Waals surface area contributed by atoms with Gasteiger partial charge in [-0.3, -0.25) is 9.78 Å². The van der Waals surface area contributed by atoms with Crippen molar-refractivity contribution in [1.82, 2.24) is 9.97 Å². The zero-order valence-electron chi connectivity index (χ0n) is 18.6. The first-order valence-corrected chi connectivity index (χ1v) is 10.8. The minimum absolute atomic E-state index is 0.169. The molecule has 0 aliphatic rings. The van der Waals surface area contributed by atoms with E-state index in [9.17, 15) is 14.7 Å². The van der Waals surface area contributed by atoms with Crippen LogP contribution in [0.25, 0.3) is 33.5 Å². The lowest BCUT2D eigenvalue weighted by Gasteiger charge is -2.19. The number of para-hydroxylation sites is 1. The maximum absolute atomic E-state index is 13.1. The summed E-state index contributed by atoms with van der Waals surface area (Å²) in [6.07, 6.45) is 1.70. The lowest BCUT2D eigenvalue weighted by Crippen LogP contribution is -2.12. The van der Waals surface area contributed by atoms with Gasteiger partial charge in [0, 0.05) is 23.5 Å². The fraction of sp³-hybridized carbons (Fsp3) is 0.111. The van der Waals surface area contributed by atoms with Crippen molar-refractivity contribution in [2.75, 3.05) is 5.32 Å². The Bertz CT molecular complexity index is 1620. The molecule has 0 spiro atoms. The van der Waals surface area contributed by atoms with Gasteiger partial charge in [0.2, 0.25) is 0 Å². The lowest BCUT2D eigenvalue weighted by molar-refractivity contribution is 0.0698. The molecule has 34 heavy (non-hydrogen) atoms. The normalized spacial score (nSPS) is 12.1. The van der Waals surface area contributed by atoms with Crippen LogP contribution >= 0.6 is 0 Å². The van der Waals surface area contributed by atoms with Gasteiger partial charge in [-0.25, -0.2) is 9.78 Å². The van der Waals surface area contributed by atoms with Crippen molar-refractivity contribution < 1.29 is 14.3 Å². The summed E-state index contributed by atoms with van der Waals surface area (Å²) < 4.78 is 6.26. The minimum Gasteiger partial charge on any atom is -0.478 e. The van der Waals surface area contributed by atoms with Crippen molar-refractivity contribution in [2.24, 2.45) is 0 Å². The van der Waals surface area contributed by atoms with Crippen molar-refractivity contribution in [2.45, 2.75) is 19.9 Å². The molecule has 1 unspecified atom stereocenters. The van der Waals surface area contributed by atoms with Crippen molar-refractivity contribution in [1.29, 1.82) is 0 Å². The predicted octanol–water partition coefficient (Wildman–Crippen LogP) is 5.58. The van der Waals surface area contributed by atoms with E-state index in [-0.39, 0.29) is 17.0 Å². The molecule has 0 aliphatic heterocycles. The molecule has 2 aromatic carbocycles. The lowest BCUT2D eigenvalue weighted by atomic mass is 10.0. The quantitative estimate of drug-likeness (QED) is 0.359. The van der Waals surface area contributed by atoms with E-state index >= 15 is 0 Å². The van der Waals surface area contributed by atoms with Crippen molar-refractivity contribution in [3.63, 3.8) is 0 Å². The third kappa shape index (κ3) is 3.88. The number of aryl methyl sites for hydroxylation is 1. The van der Waals surface area contributed by atoms with E-state index in [2.05, 4.69) is 15.3 Å². The molecule has 168 valence electrons. The highest BCUT2D eigenvalue weighted by Gasteiger charge is 2.18. The Hall–Kier alpha value is -4.52. The number of aromatic carboxylic acids is 1. The van der Waals surface area contributed by atoms with E-state index in [0.717, 1.165) is 16.6 Å². The molecule has 3 aromatic heterocycles. The number of pyridine rings is 2. The SMILES string of the molecule is Cc1cc(C(C)Nc2ccccc2C(=O)O)c2oc(-c3ccc4ncccc4n3)cc(=O)c2c1. The van der Waals surface area contributed by atoms with Crippen LogP contribution in [0.4, 0.5) is 5.69 Å². The van der Waals surface area contributed by atoms with Crippen LogP contribution < -0.4 is 10.7 Å². The zero-order chi connectivity index (χ0) is 23.8. The summed E-state index contributed by atoms with van der Waals surface area (Å²) in [6.45, 7) is 3.81. The van der Waals surface area contributed by atoms with Crippen LogP contribution in [0.3, 0.4) is 0 Å². The first kappa shape index (κ1) is 21.3.